The van der Waals surface area contributed by atoms with Crippen molar-refractivity contribution in [1.82, 2.24) is 25.1 Å². The third-order valence-electron chi connectivity index (χ3n) is 3.96. The maximum absolute atomic E-state index is 13.4. The van der Waals surface area contributed by atoms with E-state index in [0.717, 1.165) is 16.7 Å². The van der Waals surface area contributed by atoms with Crippen LogP contribution in [0.1, 0.15) is 5.56 Å². The summed E-state index contributed by atoms with van der Waals surface area (Å²) < 4.78 is 18.5. The van der Waals surface area contributed by atoms with Gasteiger partial charge in [-0.3, -0.25) is 5.10 Å². The van der Waals surface area contributed by atoms with Crippen molar-refractivity contribution in [3.8, 4) is 28.4 Å². The number of fused-ring (bicyclic) bond motifs is 1. The molecule has 3 heterocycles. The molecule has 6 nitrogen and oxygen atoms in total. The summed E-state index contributed by atoms with van der Waals surface area (Å²) in [6.07, 6.45) is 3.31. The third kappa shape index (κ3) is 2.69. The molecule has 0 saturated heterocycles. The summed E-state index contributed by atoms with van der Waals surface area (Å²) in [5.41, 5.74) is 4.99. The minimum Gasteiger partial charge on any atom is -0.481 e. The van der Waals surface area contributed by atoms with Gasteiger partial charge in [0.15, 0.2) is 5.65 Å². The van der Waals surface area contributed by atoms with E-state index in [4.69, 9.17) is 4.74 Å². The predicted molar refractivity (Wildman–Crippen MR) is 91.6 cm³/mol. The van der Waals surface area contributed by atoms with Crippen LogP contribution >= 0.6 is 0 Å². The van der Waals surface area contributed by atoms with Crippen LogP contribution in [0.25, 0.3) is 33.7 Å². The standard InChI is InChI=1S/C18H14FN5O/c1-10-7-12(19)3-4-13(10)16-17-18(24-23-16)21-9-14(22-17)11-5-6-20-15(8-11)25-2/h3-9H,1-2H3,(H,21,23,24). The van der Waals surface area contributed by atoms with Gasteiger partial charge >= 0.3 is 0 Å². The lowest BCUT2D eigenvalue weighted by Crippen LogP contribution is -1.92. The second-order valence-electron chi connectivity index (χ2n) is 5.57. The molecule has 1 aromatic carbocycles. The number of nitrogens with one attached hydrogen (secondary N) is 1. The summed E-state index contributed by atoms with van der Waals surface area (Å²) in [7, 11) is 1.56. The van der Waals surface area contributed by atoms with Gasteiger partial charge in [-0.05, 0) is 36.8 Å². The molecule has 0 radical (unpaired) electrons. The molecule has 4 aromatic rings. The number of methoxy groups -OCH3 is 1. The van der Waals surface area contributed by atoms with Crippen molar-refractivity contribution in [2.45, 2.75) is 6.92 Å². The number of hydrogen-bond donors (Lipinski definition) is 1. The molecule has 0 atom stereocenters. The maximum Gasteiger partial charge on any atom is 0.213 e. The van der Waals surface area contributed by atoms with Crippen LogP contribution in [-0.4, -0.2) is 32.3 Å². The van der Waals surface area contributed by atoms with Crippen molar-refractivity contribution in [3.05, 3.63) is 54.1 Å². The Morgan fingerprint density at radius 2 is 2.00 bits per heavy atom. The first kappa shape index (κ1) is 15.2. The monoisotopic (exact) mass is 335 g/mol. The SMILES string of the molecule is COc1cc(-c2cnc3n[nH]c(-c4ccc(F)cc4C)c3n2)ccn1. The van der Waals surface area contributed by atoms with Crippen LogP contribution in [0.3, 0.4) is 0 Å². The van der Waals surface area contributed by atoms with Crippen molar-refractivity contribution < 1.29 is 9.13 Å². The van der Waals surface area contributed by atoms with E-state index in [1.54, 1.807) is 31.6 Å². The Morgan fingerprint density at radius 3 is 2.80 bits per heavy atom. The summed E-state index contributed by atoms with van der Waals surface area (Å²) in [5, 5.41) is 7.15. The average Bonchev–Trinajstić information content (AvgIpc) is 3.05. The molecular weight excluding hydrogens is 321 g/mol. The van der Waals surface area contributed by atoms with Gasteiger partial charge in [0.25, 0.3) is 0 Å². The van der Waals surface area contributed by atoms with Crippen molar-refractivity contribution in [3.63, 3.8) is 0 Å². The van der Waals surface area contributed by atoms with Crippen LogP contribution in [0.2, 0.25) is 0 Å². The number of nitrogens with zero attached hydrogens (tertiary/aromatic N) is 4. The molecule has 0 amide bonds. The number of benzene rings is 1. The normalized spacial score (nSPS) is 11.0. The molecule has 1 N–H and O–H groups in total. The van der Waals surface area contributed by atoms with Crippen LogP contribution < -0.4 is 4.74 Å². The van der Waals surface area contributed by atoms with Crippen LogP contribution in [0.15, 0.2) is 42.7 Å². The molecule has 3 aromatic heterocycles. The van der Waals surface area contributed by atoms with Gasteiger partial charge in [0.05, 0.1) is 24.7 Å². The summed E-state index contributed by atoms with van der Waals surface area (Å²) in [6.45, 7) is 1.84. The van der Waals surface area contributed by atoms with E-state index in [0.29, 0.717) is 28.4 Å². The minimum absolute atomic E-state index is 0.277. The highest BCUT2D eigenvalue weighted by Gasteiger charge is 2.14. The number of ether oxygens (including phenoxy) is 1. The zero-order valence-electron chi connectivity index (χ0n) is 13.6. The van der Waals surface area contributed by atoms with Crippen molar-refractivity contribution in [1.29, 1.82) is 0 Å². The van der Waals surface area contributed by atoms with E-state index >= 15 is 0 Å². The van der Waals surface area contributed by atoms with Crippen molar-refractivity contribution in [2.75, 3.05) is 7.11 Å². The third-order valence-corrected chi connectivity index (χ3v) is 3.96. The van der Waals surface area contributed by atoms with E-state index in [1.165, 1.54) is 12.1 Å². The highest BCUT2D eigenvalue weighted by Crippen LogP contribution is 2.29. The van der Waals surface area contributed by atoms with E-state index < -0.39 is 0 Å². The number of aryl methyl sites for hydroxylation is 1. The van der Waals surface area contributed by atoms with Gasteiger partial charge in [-0.25, -0.2) is 19.3 Å². The smallest absolute Gasteiger partial charge is 0.213 e. The Morgan fingerprint density at radius 1 is 1.12 bits per heavy atom. The van der Waals surface area contributed by atoms with Gasteiger partial charge in [-0.1, -0.05) is 0 Å². The number of hydrogen-bond acceptors (Lipinski definition) is 5. The number of aromatic nitrogens is 5. The van der Waals surface area contributed by atoms with E-state index in [-0.39, 0.29) is 5.82 Å². The number of aromatic amines is 1. The highest BCUT2D eigenvalue weighted by atomic mass is 19.1. The minimum atomic E-state index is -0.277. The first-order valence-electron chi connectivity index (χ1n) is 7.64. The largest absolute Gasteiger partial charge is 0.481 e. The number of halogens is 1. The lowest BCUT2D eigenvalue weighted by molar-refractivity contribution is 0.398. The Balaban J connectivity index is 1.88. The van der Waals surface area contributed by atoms with Crippen molar-refractivity contribution >= 4 is 11.2 Å². The second kappa shape index (κ2) is 5.94. The quantitative estimate of drug-likeness (QED) is 0.620. The summed E-state index contributed by atoms with van der Waals surface area (Å²) >= 11 is 0. The Hall–Kier alpha value is -3.35. The Labute approximate surface area is 142 Å². The van der Waals surface area contributed by atoms with Crippen LogP contribution in [0.4, 0.5) is 4.39 Å². The molecule has 0 fully saturated rings. The molecule has 0 bridgehead atoms. The molecule has 0 aliphatic heterocycles. The number of H-pyrrole nitrogens is 1. The van der Waals surface area contributed by atoms with Gasteiger partial charge in [0.1, 0.15) is 11.3 Å². The fraction of sp³-hybridized carbons (Fsp3) is 0.111. The molecule has 0 aliphatic rings. The van der Waals surface area contributed by atoms with Gasteiger partial charge in [-0.2, -0.15) is 5.10 Å². The molecule has 7 heteroatoms. The van der Waals surface area contributed by atoms with Gasteiger partial charge < -0.3 is 4.74 Å². The molecule has 0 spiro atoms. The van der Waals surface area contributed by atoms with Crippen LogP contribution in [-0.2, 0) is 0 Å². The molecule has 4 rings (SSSR count). The lowest BCUT2D eigenvalue weighted by atomic mass is 10.1. The topological polar surface area (TPSA) is 76.6 Å². The second-order valence-corrected chi connectivity index (χ2v) is 5.57. The van der Waals surface area contributed by atoms with E-state index in [2.05, 4.69) is 25.1 Å². The average molecular weight is 335 g/mol. The number of pyridine rings is 1. The summed E-state index contributed by atoms with van der Waals surface area (Å²) in [5.74, 6) is 0.224. The van der Waals surface area contributed by atoms with Gasteiger partial charge in [-0.15, -0.1) is 0 Å². The fourth-order valence-corrected chi connectivity index (χ4v) is 2.71. The zero-order valence-corrected chi connectivity index (χ0v) is 13.6. The van der Waals surface area contributed by atoms with E-state index in [9.17, 15) is 4.39 Å². The van der Waals surface area contributed by atoms with Crippen LogP contribution in [0.5, 0.6) is 5.88 Å². The molecule has 0 aliphatic carbocycles. The highest BCUT2D eigenvalue weighted by molar-refractivity contribution is 5.89. The molecular formula is C18H14FN5O. The van der Waals surface area contributed by atoms with Crippen molar-refractivity contribution in [2.24, 2.45) is 0 Å². The maximum atomic E-state index is 13.4. The van der Waals surface area contributed by atoms with E-state index in [1.807, 2.05) is 13.0 Å². The lowest BCUT2D eigenvalue weighted by Gasteiger charge is -2.05. The first-order chi connectivity index (χ1) is 12.2. The Kier molecular flexibility index (Phi) is 3.61. The Bertz CT molecular complexity index is 1080. The fourth-order valence-electron chi connectivity index (χ4n) is 2.71. The predicted octanol–water partition coefficient (Wildman–Crippen LogP) is 3.54. The van der Waals surface area contributed by atoms with Crippen LogP contribution in [0, 0.1) is 12.7 Å². The first-order valence-corrected chi connectivity index (χ1v) is 7.64. The zero-order chi connectivity index (χ0) is 17.4. The van der Waals surface area contributed by atoms with Gasteiger partial charge in [0, 0.05) is 23.4 Å². The molecule has 124 valence electrons. The molecule has 25 heavy (non-hydrogen) atoms. The molecule has 0 unspecified atom stereocenters. The molecule has 0 saturated carbocycles. The summed E-state index contributed by atoms with van der Waals surface area (Å²) in [6, 6.07) is 8.23. The van der Waals surface area contributed by atoms with Gasteiger partial charge in [0.2, 0.25) is 5.88 Å². The number of rotatable bonds is 3. The summed E-state index contributed by atoms with van der Waals surface area (Å²) in [4.78, 5) is 13.1.